The number of carbonyl (C=O) groups is 2. The highest BCUT2D eigenvalue weighted by Crippen LogP contribution is 2.24. The molecule has 8 heteroatoms. The fraction of sp³-hybridized carbons (Fsp3) is 0.100. The number of H-pyrrole nitrogens is 1. The van der Waals surface area contributed by atoms with Crippen LogP contribution >= 0.6 is 0 Å². The average Bonchev–Trinajstić information content (AvgIpc) is 3.17. The Kier molecular flexibility index (Phi) is 4.53. The second kappa shape index (κ2) is 7.15. The maximum atomic E-state index is 12.6. The van der Waals surface area contributed by atoms with Crippen molar-refractivity contribution in [2.24, 2.45) is 0 Å². The maximum Gasteiger partial charge on any atom is 0.254 e. The lowest BCUT2D eigenvalue weighted by molar-refractivity contribution is -0.120. The number of hydrogen-bond acceptors (Lipinski definition) is 4. The van der Waals surface area contributed by atoms with Crippen LogP contribution in [0.5, 0.6) is 0 Å². The fourth-order valence-corrected chi connectivity index (χ4v) is 3.01. The molecule has 2 heterocycles. The molecule has 0 unspecified atom stereocenters. The van der Waals surface area contributed by atoms with Crippen molar-refractivity contribution < 1.29 is 9.59 Å². The predicted molar refractivity (Wildman–Crippen MR) is 108 cm³/mol. The van der Waals surface area contributed by atoms with E-state index in [1.54, 1.807) is 25.3 Å². The van der Waals surface area contributed by atoms with Crippen LogP contribution in [-0.4, -0.2) is 40.8 Å². The first-order valence-corrected chi connectivity index (χ1v) is 8.72. The summed E-state index contributed by atoms with van der Waals surface area (Å²) in [6.45, 7) is 1.55. The number of rotatable bonds is 4. The van der Waals surface area contributed by atoms with E-state index >= 15 is 0 Å². The fourth-order valence-electron chi connectivity index (χ4n) is 3.01. The van der Waals surface area contributed by atoms with Crippen molar-refractivity contribution in [3.8, 4) is 11.5 Å². The molecule has 136 valence electrons. The molecule has 2 amide bonds. The molecular formula is C20H16BN5O2. The molecule has 2 aromatic heterocycles. The standard InChI is InChI=1S/C20H16BN5O2/c1-11(19(27)26-21)23-20(28)14-7-4-8-15-17(14)25-18(24-15)16-9-12-5-2-3-6-13(12)10-22-16/h2-11H,1H3,(H,23,28)(H,24,25)(H,26,27)/t11-/m0/s1. The van der Waals surface area contributed by atoms with Crippen LogP contribution in [0.4, 0.5) is 0 Å². The van der Waals surface area contributed by atoms with Gasteiger partial charge in [-0.25, -0.2) is 4.98 Å². The molecule has 7 nitrogen and oxygen atoms in total. The van der Waals surface area contributed by atoms with E-state index in [9.17, 15) is 9.59 Å². The third kappa shape index (κ3) is 3.20. The highest BCUT2D eigenvalue weighted by Gasteiger charge is 2.19. The molecular weight excluding hydrogens is 353 g/mol. The van der Waals surface area contributed by atoms with Gasteiger partial charge in [-0.3, -0.25) is 14.6 Å². The van der Waals surface area contributed by atoms with Gasteiger partial charge in [0.1, 0.15) is 17.3 Å². The molecule has 0 aliphatic heterocycles. The van der Waals surface area contributed by atoms with Crippen molar-refractivity contribution in [3.05, 3.63) is 60.3 Å². The van der Waals surface area contributed by atoms with Crippen molar-refractivity contribution >= 4 is 41.6 Å². The number of pyridine rings is 1. The van der Waals surface area contributed by atoms with E-state index in [4.69, 9.17) is 7.98 Å². The van der Waals surface area contributed by atoms with Gasteiger partial charge in [-0.1, -0.05) is 30.3 Å². The van der Waals surface area contributed by atoms with Gasteiger partial charge >= 0.3 is 0 Å². The lowest BCUT2D eigenvalue weighted by atomic mass is 10.1. The summed E-state index contributed by atoms with van der Waals surface area (Å²) in [6, 6.07) is 14.3. The lowest BCUT2D eigenvalue weighted by Crippen LogP contribution is -2.44. The zero-order chi connectivity index (χ0) is 19.7. The summed E-state index contributed by atoms with van der Waals surface area (Å²) >= 11 is 0. The third-order valence-corrected chi connectivity index (χ3v) is 4.51. The minimum absolute atomic E-state index is 0.359. The molecule has 2 radical (unpaired) electrons. The molecule has 0 aliphatic carbocycles. The first-order valence-electron chi connectivity index (χ1n) is 8.72. The van der Waals surface area contributed by atoms with Crippen molar-refractivity contribution in [1.82, 2.24) is 25.5 Å². The van der Waals surface area contributed by atoms with Crippen molar-refractivity contribution in [2.75, 3.05) is 0 Å². The Morgan fingerprint density at radius 2 is 1.89 bits per heavy atom. The summed E-state index contributed by atoms with van der Waals surface area (Å²) in [5.74, 6) is -0.330. The molecule has 0 spiro atoms. The summed E-state index contributed by atoms with van der Waals surface area (Å²) in [5, 5.41) is 6.71. The van der Waals surface area contributed by atoms with E-state index in [1.165, 1.54) is 0 Å². The number of aromatic nitrogens is 3. The molecule has 4 aromatic rings. The molecule has 0 aliphatic rings. The predicted octanol–water partition coefficient (Wildman–Crippen LogP) is 2.10. The average molecular weight is 369 g/mol. The minimum atomic E-state index is -0.770. The molecule has 1 atom stereocenters. The Balaban J connectivity index is 1.72. The molecule has 4 rings (SSSR count). The van der Waals surface area contributed by atoms with E-state index in [0.29, 0.717) is 28.1 Å². The van der Waals surface area contributed by atoms with Crippen LogP contribution in [0.15, 0.2) is 54.7 Å². The topological polar surface area (TPSA) is 99.8 Å². The molecule has 0 fully saturated rings. The Labute approximate surface area is 162 Å². The quantitative estimate of drug-likeness (QED) is 0.480. The molecule has 28 heavy (non-hydrogen) atoms. The first kappa shape index (κ1) is 17.7. The smallest absolute Gasteiger partial charge is 0.254 e. The third-order valence-electron chi connectivity index (χ3n) is 4.51. The molecule has 0 bridgehead atoms. The maximum absolute atomic E-state index is 12.6. The van der Waals surface area contributed by atoms with Gasteiger partial charge < -0.3 is 15.5 Å². The van der Waals surface area contributed by atoms with Crippen LogP contribution in [0.1, 0.15) is 17.3 Å². The highest BCUT2D eigenvalue weighted by molar-refractivity contribution is 6.16. The summed E-state index contributed by atoms with van der Waals surface area (Å²) in [5.41, 5.74) is 2.24. The Bertz CT molecular complexity index is 1200. The van der Waals surface area contributed by atoms with Crippen molar-refractivity contribution in [2.45, 2.75) is 13.0 Å². The number of aromatic amines is 1. The number of hydrogen-bond donors (Lipinski definition) is 3. The number of nitrogens with zero attached hydrogens (tertiary/aromatic N) is 2. The van der Waals surface area contributed by atoms with Crippen LogP contribution in [0.25, 0.3) is 33.3 Å². The van der Waals surface area contributed by atoms with Gasteiger partial charge in [0.25, 0.3) is 5.91 Å². The summed E-state index contributed by atoms with van der Waals surface area (Å²) in [6.07, 6.45) is 1.79. The van der Waals surface area contributed by atoms with E-state index < -0.39 is 17.9 Å². The van der Waals surface area contributed by atoms with Gasteiger partial charge in [0.05, 0.1) is 11.1 Å². The van der Waals surface area contributed by atoms with Crippen molar-refractivity contribution in [1.29, 1.82) is 0 Å². The second-order valence-corrected chi connectivity index (χ2v) is 6.41. The lowest BCUT2D eigenvalue weighted by Gasteiger charge is -2.12. The summed E-state index contributed by atoms with van der Waals surface area (Å²) in [7, 11) is 5.11. The number of nitrogens with one attached hydrogen (secondary N) is 3. The van der Waals surface area contributed by atoms with E-state index in [1.807, 2.05) is 41.6 Å². The molecule has 2 aromatic carbocycles. The highest BCUT2D eigenvalue weighted by atomic mass is 16.2. The van der Waals surface area contributed by atoms with Gasteiger partial charge in [0.15, 0.2) is 5.82 Å². The number of imidazole rings is 1. The normalized spacial score (nSPS) is 12.0. The van der Waals surface area contributed by atoms with Gasteiger partial charge in [-0.15, -0.1) is 0 Å². The van der Waals surface area contributed by atoms with E-state index in [-0.39, 0.29) is 0 Å². The number of fused-ring (bicyclic) bond motifs is 2. The zero-order valence-corrected chi connectivity index (χ0v) is 15.1. The van der Waals surface area contributed by atoms with Crippen molar-refractivity contribution in [3.63, 3.8) is 0 Å². The summed E-state index contributed by atoms with van der Waals surface area (Å²) < 4.78 is 0. The number of carbonyl (C=O) groups excluding carboxylic acids is 2. The van der Waals surface area contributed by atoms with E-state index in [2.05, 4.69) is 20.3 Å². The first-order chi connectivity index (χ1) is 13.6. The molecule has 0 saturated carbocycles. The SMILES string of the molecule is [B]NC(=O)[C@H](C)NC(=O)c1cccc2[nH]c(-c3cc4ccccc4cn3)nc12. The van der Waals surface area contributed by atoms with Crippen LogP contribution in [0.2, 0.25) is 0 Å². The Hall–Kier alpha value is -3.68. The monoisotopic (exact) mass is 369 g/mol. The number of benzene rings is 2. The van der Waals surface area contributed by atoms with Crippen LogP contribution < -0.4 is 10.5 Å². The van der Waals surface area contributed by atoms with E-state index in [0.717, 1.165) is 10.8 Å². The van der Waals surface area contributed by atoms with Gasteiger partial charge in [0, 0.05) is 11.6 Å². The largest absolute Gasteiger partial charge is 0.407 e. The van der Waals surface area contributed by atoms with Gasteiger partial charge in [-0.2, -0.15) is 0 Å². The van der Waals surface area contributed by atoms with Crippen LogP contribution in [-0.2, 0) is 4.79 Å². The minimum Gasteiger partial charge on any atom is -0.407 e. The van der Waals surface area contributed by atoms with Crippen LogP contribution in [0, 0.1) is 0 Å². The number of amides is 2. The van der Waals surface area contributed by atoms with Gasteiger partial charge in [-0.05, 0) is 30.5 Å². The Morgan fingerprint density at radius 3 is 2.68 bits per heavy atom. The Morgan fingerprint density at radius 1 is 1.11 bits per heavy atom. The zero-order valence-electron chi connectivity index (χ0n) is 15.1. The summed E-state index contributed by atoms with van der Waals surface area (Å²) in [4.78, 5) is 36.4. The number of para-hydroxylation sites is 1. The van der Waals surface area contributed by atoms with Crippen LogP contribution in [0.3, 0.4) is 0 Å². The van der Waals surface area contributed by atoms with Gasteiger partial charge in [0.2, 0.25) is 13.9 Å². The second-order valence-electron chi connectivity index (χ2n) is 6.41. The molecule has 3 N–H and O–H groups in total. The molecule has 0 saturated heterocycles.